The lowest BCUT2D eigenvalue weighted by atomic mass is 10.0. The molecule has 1 saturated heterocycles. The molecule has 0 N–H and O–H groups in total. The van der Waals surface area contributed by atoms with Gasteiger partial charge >= 0.3 is 0 Å². The molecule has 114 valence electrons. The summed E-state index contributed by atoms with van der Waals surface area (Å²) in [6.07, 6.45) is 2.71. The third-order valence-corrected chi connectivity index (χ3v) is 7.18. The van der Waals surface area contributed by atoms with E-state index in [0.717, 1.165) is 18.6 Å². The van der Waals surface area contributed by atoms with Crippen molar-refractivity contribution in [3.63, 3.8) is 0 Å². The molecule has 2 heterocycles. The van der Waals surface area contributed by atoms with E-state index in [9.17, 15) is 13.2 Å². The van der Waals surface area contributed by atoms with Crippen molar-refractivity contribution in [1.82, 2.24) is 4.90 Å². The molecular weight excluding hydrogens is 306 g/mol. The zero-order valence-electron chi connectivity index (χ0n) is 12.0. The van der Waals surface area contributed by atoms with Crippen molar-refractivity contribution in [3.8, 4) is 0 Å². The number of hydrogen-bond acceptors (Lipinski definition) is 4. The Morgan fingerprint density at radius 1 is 1.38 bits per heavy atom. The zero-order chi connectivity index (χ0) is 15.0. The Bertz CT molecular complexity index is 669. The molecule has 1 atom stereocenters. The van der Waals surface area contributed by atoms with Gasteiger partial charge in [0.1, 0.15) is 0 Å². The quantitative estimate of drug-likeness (QED) is 0.834. The topological polar surface area (TPSA) is 54.5 Å². The van der Waals surface area contributed by atoms with Gasteiger partial charge < -0.3 is 4.90 Å². The summed E-state index contributed by atoms with van der Waals surface area (Å²) in [6, 6.07) is 5.67. The molecule has 21 heavy (non-hydrogen) atoms. The van der Waals surface area contributed by atoms with Crippen LogP contribution >= 0.6 is 11.8 Å². The normalized spacial score (nSPS) is 23.6. The zero-order valence-corrected chi connectivity index (χ0v) is 13.7. The van der Waals surface area contributed by atoms with Gasteiger partial charge in [0.15, 0.2) is 9.84 Å². The van der Waals surface area contributed by atoms with Gasteiger partial charge in [-0.2, -0.15) is 0 Å². The highest BCUT2D eigenvalue weighted by Crippen LogP contribution is 2.31. The van der Waals surface area contributed by atoms with Gasteiger partial charge in [-0.15, -0.1) is 11.8 Å². The van der Waals surface area contributed by atoms with E-state index in [4.69, 9.17) is 0 Å². The molecule has 3 rings (SSSR count). The fourth-order valence-electron chi connectivity index (χ4n) is 2.94. The number of hydrogen-bond donors (Lipinski definition) is 0. The van der Waals surface area contributed by atoms with E-state index >= 15 is 0 Å². The summed E-state index contributed by atoms with van der Waals surface area (Å²) in [6.45, 7) is 0. The van der Waals surface area contributed by atoms with Crippen LogP contribution in [0.2, 0.25) is 0 Å². The Morgan fingerprint density at radius 2 is 2.19 bits per heavy atom. The van der Waals surface area contributed by atoms with Gasteiger partial charge in [0.2, 0.25) is 0 Å². The van der Waals surface area contributed by atoms with Crippen molar-refractivity contribution in [3.05, 3.63) is 29.3 Å². The number of benzene rings is 1. The monoisotopic (exact) mass is 325 g/mol. The minimum atomic E-state index is -2.97. The van der Waals surface area contributed by atoms with Crippen LogP contribution in [-0.2, 0) is 16.3 Å². The predicted octanol–water partition coefficient (Wildman–Crippen LogP) is 1.98. The highest BCUT2D eigenvalue weighted by Gasteiger charge is 2.33. The van der Waals surface area contributed by atoms with Crippen molar-refractivity contribution in [1.29, 1.82) is 0 Å². The van der Waals surface area contributed by atoms with Gasteiger partial charge in [0.05, 0.1) is 11.5 Å². The lowest BCUT2D eigenvalue weighted by molar-refractivity contribution is 0.0747. The first-order valence-corrected chi connectivity index (χ1v) is 10.0. The first-order chi connectivity index (χ1) is 9.96. The van der Waals surface area contributed by atoms with Crippen molar-refractivity contribution < 1.29 is 13.2 Å². The molecule has 1 fully saturated rings. The molecule has 0 aromatic heterocycles. The summed E-state index contributed by atoms with van der Waals surface area (Å²) in [5.41, 5.74) is 1.91. The van der Waals surface area contributed by atoms with Crippen LogP contribution in [0, 0.1) is 0 Å². The summed E-state index contributed by atoms with van der Waals surface area (Å²) in [5, 5.41) is 0. The van der Waals surface area contributed by atoms with Crippen LogP contribution in [0.3, 0.4) is 0 Å². The molecule has 1 amide bonds. The van der Waals surface area contributed by atoms with Crippen molar-refractivity contribution in [2.24, 2.45) is 0 Å². The average Bonchev–Trinajstić information content (AvgIpc) is 2.85. The summed E-state index contributed by atoms with van der Waals surface area (Å²) < 4.78 is 23.1. The van der Waals surface area contributed by atoms with E-state index in [2.05, 4.69) is 0 Å². The number of nitrogens with zero attached hydrogens (tertiary/aromatic N) is 1. The summed E-state index contributed by atoms with van der Waals surface area (Å²) in [7, 11) is -1.26. The molecule has 6 heteroatoms. The second kappa shape index (κ2) is 5.65. The third kappa shape index (κ3) is 3.11. The molecule has 2 aliphatic heterocycles. The fraction of sp³-hybridized carbons (Fsp3) is 0.533. The minimum Gasteiger partial charge on any atom is -0.338 e. The maximum Gasteiger partial charge on any atom is 0.253 e. The molecule has 1 unspecified atom stereocenters. The van der Waals surface area contributed by atoms with Crippen LogP contribution in [0.25, 0.3) is 0 Å². The summed E-state index contributed by atoms with van der Waals surface area (Å²) >= 11 is 1.84. The lowest BCUT2D eigenvalue weighted by Crippen LogP contribution is -2.37. The Morgan fingerprint density at radius 3 is 2.90 bits per heavy atom. The second-order valence-corrected chi connectivity index (χ2v) is 9.11. The van der Waals surface area contributed by atoms with Crippen molar-refractivity contribution >= 4 is 27.5 Å². The summed E-state index contributed by atoms with van der Waals surface area (Å²) in [4.78, 5) is 15.4. The van der Waals surface area contributed by atoms with Gasteiger partial charge in [0, 0.05) is 23.5 Å². The first-order valence-electron chi connectivity index (χ1n) is 7.19. The van der Waals surface area contributed by atoms with E-state index < -0.39 is 9.84 Å². The SMILES string of the molecule is CN(C(=O)c1ccc2c(c1)CCCS2)C1CCS(=O)(=O)C1. The molecule has 1 aromatic rings. The molecule has 0 saturated carbocycles. The third-order valence-electron chi connectivity index (χ3n) is 4.23. The van der Waals surface area contributed by atoms with Crippen LogP contribution in [0.15, 0.2) is 23.1 Å². The highest BCUT2D eigenvalue weighted by atomic mass is 32.2. The Balaban J connectivity index is 1.79. The number of amides is 1. The number of sulfone groups is 1. The van der Waals surface area contributed by atoms with Gasteiger partial charge in [-0.3, -0.25) is 4.79 Å². The molecule has 0 radical (unpaired) electrons. The molecule has 0 bridgehead atoms. The van der Waals surface area contributed by atoms with Crippen molar-refractivity contribution in [2.75, 3.05) is 24.3 Å². The largest absolute Gasteiger partial charge is 0.338 e. The maximum absolute atomic E-state index is 12.6. The summed E-state index contributed by atoms with van der Waals surface area (Å²) in [5.74, 6) is 1.35. The Kier molecular flexibility index (Phi) is 4.01. The van der Waals surface area contributed by atoms with E-state index in [1.165, 1.54) is 10.5 Å². The highest BCUT2D eigenvalue weighted by molar-refractivity contribution is 7.99. The first kappa shape index (κ1) is 14.9. The second-order valence-electron chi connectivity index (χ2n) is 5.75. The predicted molar refractivity (Wildman–Crippen MR) is 84.6 cm³/mol. The molecule has 4 nitrogen and oxygen atoms in total. The Hall–Kier alpha value is -1.01. The molecule has 1 aromatic carbocycles. The number of thioether (sulfide) groups is 1. The van der Waals surface area contributed by atoms with Gasteiger partial charge in [-0.25, -0.2) is 8.42 Å². The minimum absolute atomic E-state index is 0.0736. The van der Waals surface area contributed by atoms with Gasteiger partial charge in [-0.05, 0) is 48.8 Å². The van der Waals surface area contributed by atoms with E-state index in [1.54, 1.807) is 11.9 Å². The number of fused-ring (bicyclic) bond motifs is 1. The number of rotatable bonds is 2. The number of carbonyl (C=O) groups excluding carboxylic acids is 1. The lowest BCUT2D eigenvalue weighted by Gasteiger charge is -2.24. The van der Waals surface area contributed by atoms with Crippen molar-refractivity contribution in [2.45, 2.75) is 30.2 Å². The Labute approximate surface area is 129 Å². The van der Waals surface area contributed by atoms with Gasteiger partial charge in [0.25, 0.3) is 5.91 Å². The van der Waals surface area contributed by atoms with Crippen LogP contribution in [0.1, 0.15) is 28.8 Å². The van der Waals surface area contributed by atoms with E-state index in [-0.39, 0.29) is 23.5 Å². The molecule has 0 spiro atoms. The van der Waals surface area contributed by atoms with Crippen LogP contribution in [-0.4, -0.2) is 49.6 Å². The van der Waals surface area contributed by atoms with Crippen LogP contribution in [0.5, 0.6) is 0 Å². The van der Waals surface area contributed by atoms with Gasteiger partial charge in [-0.1, -0.05) is 0 Å². The van der Waals surface area contributed by atoms with E-state index in [1.807, 2.05) is 30.0 Å². The number of aryl methyl sites for hydroxylation is 1. The van der Waals surface area contributed by atoms with Crippen LogP contribution in [0.4, 0.5) is 0 Å². The maximum atomic E-state index is 12.6. The van der Waals surface area contributed by atoms with Crippen LogP contribution < -0.4 is 0 Å². The number of carbonyl (C=O) groups is 1. The fourth-order valence-corrected chi connectivity index (χ4v) is 5.74. The molecule has 2 aliphatic rings. The average molecular weight is 325 g/mol. The molecule has 0 aliphatic carbocycles. The van der Waals surface area contributed by atoms with E-state index in [0.29, 0.717) is 12.0 Å². The standard InChI is InChI=1S/C15H19NO3S2/c1-16(13-6-8-21(18,19)10-13)15(17)12-4-5-14-11(9-12)3-2-7-20-14/h4-5,9,13H,2-3,6-8,10H2,1H3. The smallest absolute Gasteiger partial charge is 0.253 e. The molecular formula is C15H19NO3S2.